The topological polar surface area (TPSA) is 69.7 Å². The fourth-order valence-corrected chi connectivity index (χ4v) is 4.70. The third kappa shape index (κ3) is 4.15. The van der Waals surface area contributed by atoms with Crippen molar-refractivity contribution >= 4 is 46.3 Å². The molecule has 1 atom stereocenters. The second-order valence-electron chi connectivity index (χ2n) is 8.55. The van der Waals surface area contributed by atoms with Gasteiger partial charge in [-0.2, -0.15) is 0 Å². The lowest BCUT2D eigenvalue weighted by Gasteiger charge is -2.33. The van der Waals surface area contributed by atoms with Gasteiger partial charge in [-0.3, -0.25) is 14.4 Å². The molecule has 4 rings (SSSR count). The predicted octanol–water partition coefficient (Wildman–Crippen LogP) is 4.62. The molecule has 1 N–H and O–H groups in total. The van der Waals surface area contributed by atoms with Crippen LogP contribution in [0.15, 0.2) is 48.2 Å². The molecular weight excluding hydrogens is 426 g/mol. The Kier molecular flexibility index (Phi) is 6.07. The summed E-state index contributed by atoms with van der Waals surface area (Å²) in [6, 6.07) is 12.2. The first kappa shape index (κ1) is 22.1. The van der Waals surface area contributed by atoms with Crippen LogP contribution in [0.25, 0.3) is 5.57 Å². The summed E-state index contributed by atoms with van der Waals surface area (Å²) in [5, 5.41) is 3.28. The molecule has 2 aliphatic rings. The number of hydrogen-bond acceptors (Lipinski definition) is 4. The van der Waals surface area contributed by atoms with Crippen LogP contribution in [0, 0.1) is 12.8 Å². The molecular formula is C25H26ClN3O3. The molecule has 6 nitrogen and oxygen atoms in total. The van der Waals surface area contributed by atoms with Crippen LogP contribution in [0.5, 0.6) is 0 Å². The van der Waals surface area contributed by atoms with Gasteiger partial charge in [0.15, 0.2) is 0 Å². The summed E-state index contributed by atoms with van der Waals surface area (Å²) in [6.45, 7) is 6.91. The molecule has 7 heteroatoms. The van der Waals surface area contributed by atoms with E-state index in [-0.39, 0.29) is 17.7 Å². The summed E-state index contributed by atoms with van der Waals surface area (Å²) < 4.78 is 0. The van der Waals surface area contributed by atoms with Crippen molar-refractivity contribution in [2.24, 2.45) is 5.92 Å². The van der Waals surface area contributed by atoms with Gasteiger partial charge in [-0.25, -0.2) is 4.90 Å². The minimum absolute atomic E-state index is 0.170. The number of benzene rings is 2. The summed E-state index contributed by atoms with van der Waals surface area (Å²) in [5.74, 6) is -0.387. The van der Waals surface area contributed by atoms with Gasteiger partial charge in [0.2, 0.25) is 5.91 Å². The quantitative estimate of drug-likeness (QED) is 0.688. The van der Waals surface area contributed by atoms with E-state index in [9.17, 15) is 14.4 Å². The lowest BCUT2D eigenvalue weighted by molar-refractivity contribution is -0.121. The number of imide groups is 1. The smallest absolute Gasteiger partial charge is 0.282 e. The zero-order valence-electron chi connectivity index (χ0n) is 18.4. The number of likely N-dealkylation sites (tertiary alicyclic amines) is 1. The normalized spacial score (nSPS) is 19.1. The summed E-state index contributed by atoms with van der Waals surface area (Å²) >= 11 is 6.10. The van der Waals surface area contributed by atoms with Crippen molar-refractivity contribution < 1.29 is 14.4 Å². The Hall–Kier alpha value is -3.12. The number of piperidine rings is 1. The van der Waals surface area contributed by atoms with E-state index in [4.69, 9.17) is 11.6 Å². The number of hydrogen-bond donors (Lipinski definition) is 1. The summed E-state index contributed by atoms with van der Waals surface area (Å²) in [6.07, 6.45) is 2.08. The first-order chi connectivity index (χ1) is 15.3. The molecule has 32 heavy (non-hydrogen) atoms. The van der Waals surface area contributed by atoms with E-state index < -0.39 is 0 Å². The standard InChI is InChI=1S/C25H26ClN3O3/c1-15-5-4-12-28(14-15)23-22(18-6-9-20(10-7-18)27-17(3)30)24(31)29(25(23)32)21-11-8-19(26)13-16(21)2/h6-11,13,15H,4-5,12,14H2,1-3H3,(H,27,30). The highest BCUT2D eigenvalue weighted by atomic mass is 35.5. The molecule has 1 fully saturated rings. The molecule has 1 unspecified atom stereocenters. The van der Waals surface area contributed by atoms with E-state index in [1.165, 1.54) is 11.8 Å². The van der Waals surface area contributed by atoms with E-state index in [2.05, 4.69) is 17.1 Å². The molecule has 0 radical (unpaired) electrons. The predicted molar refractivity (Wildman–Crippen MR) is 126 cm³/mol. The highest BCUT2D eigenvalue weighted by Crippen LogP contribution is 2.38. The highest BCUT2D eigenvalue weighted by Gasteiger charge is 2.43. The van der Waals surface area contributed by atoms with Gasteiger partial charge >= 0.3 is 0 Å². The molecule has 0 bridgehead atoms. The molecule has 3 amide bonds. The van der Waals surface area contributed by atoms with E-state index in [0.29, 0.717) is 39.1 Å². The van der Waals surface area contributed by atoms with Gasteiger partial charge in [0.25, 0.3) is 11.8 Å². The summed E-state index contributed by atoms with van der Waals surface area (Å²) in [4.78, 5) is 42.0. The number of nitrogens with zero attached hydrogens (tertiary/aromatic N) is 2. The maximum Gasteiger partial charge on any atom is 0.282 e. The number of rotatable bonds is 4. The number of amides is 3. The van der Waals surface area contributed by atoms with Crippen molar-refractivity contribution in [3.8, 4) is 0 Å². The zero-order chi connectivity index (χ0) is 23.0. The van der Waals surface area contributed by atoms with E-state index in [1.807, 2.05) is 6.92 Å². The van der Waals surface area contributed by atoms with Crippen LogP contribution in [0.2, 0.25) is 5.02 Å². The molecule has 0 aromatic heterocycles. The van der Waals surface area contributed by atoms with Crippen LogP contribution in [0.3, 0.4) is 0 Å². The molecule has 1 saturated heterocycles. The third-order valence-corrected chi connectivity index (χ3v) is 6.16. The Morgan fingerprint density at radius 2 is 1.81 bits per heavy atom. The fourth-order valence-electron chi connectivity index (χ4n) is 4.48. The van der Waals surface area contributed by atoms with Gasteiger partial charge in [-0.15, -0.1) is 0 Å². The number of carbonyl (C=O) groups excluding carboxylic acids is 3. The van der Waals surface area contributed by atoms with Gasteiger partial charge < -0.3 is 10.2 Å². The molecule has 2 aliphatic heterocycles. The number of nitrogens with one attached hydrogen (secondary N) is 1. The third-order valence-electron chi connectivity index (χ3n) is 5.93. The lowest BCUT2D eigenvalue weighted by Crippen LogP contribution is -2.39. The monoisotopic (exact) mass is 451 g/mol. The van der Waals surface area contributed by atoms with E-state index >= 15 is 0 Å². The van der Waals surface area contributed by atoms with Crippen molar-refractivity contribution in [2.45, 2.75) is 33.6 Å². The number of anilines is 2. The average molecular weight is 452 g/mol. The van der Waals surface area contributed by atoms with Crippen LogP contribution >= 0.6 is 11.6 Å². The average Bonchev–Trinajstić information content (AvgIpc) is 2.99. The first-order valence-electron chi connectivity index (χ1n) is 10.8. The van der Waals surface area contributed by atoms with Gasteiger partial charge in [0, 0.05) is 30.7 Å². The second-order valence-corrected chi connectivity index (χ2v) is 8.99. The SMILES string of the molecule is CC(=O)Nc1ccc(C2=C(N3CCCC(C)C3)C(=O)N(c3ccc(Cl)cc3C)C2=O)cc1. The number of aryl methyl sites for hydroxylation is 1. The molecule has 166 valence electrons. The molecule has 2 aromatic rings. The minimum Gasteiger partial charge on any atom is -0.366 e. The van der Waals surface area contributed by atoms with Crippen LogP contribution in [-0.2, 0) is 14.4 Å². The molecule has 2 aromatic carbocycles. The summed E-state index contributed by atoms with van der Waals surface area (Å²) in [7, 11) is 0. The van der Waals surface area contributed by atoms with Crippen LogP contribution < -0.4 is 10.2 Å². The molecule has 0 spiro atoms. The van der Waals surface area contributed by atoms with Crippen LogP contribution in [0.1, 0.15) is 37.8 Å². The number of halogens is 1. The Labute approximate surface area is 192 Å². The van der Waals surface area contributed by atoms with Crippen molar-refractivity contribution in [2.75, 3.05) is 23.3 Å². The van der Waals surface area contributed by atoms with Crippen molar-refractivity contribution in [1.82, 2.24) is 4.90 Å². The van der Waals surface area contributed by atoms with Gasteiger partial charge in [-0.05, 0) is 67.1 Å². The molecule has 0 saturated carbocycles. The second kappa shape index (κ2) is 8.79. The Balaban J connectivity index is 1.80. The maximum absolute atomic E-state index is 13.7. The van der Waals surface area contributed by atoms with Crippen LogP contribution in [-0.4, -0.2) is 35.7 Å². The zero-order valence-corrected chi connectivity index (χ0v) is 19.2. The van der Waals surface area contributed by atoms with Gasteiger partial charge in [-0.1, -0.05) is 30.7 Å². The van der Waals surface area contributed by atoms with Gasteiger partial charge in [0.1, 0.15) is 5.70 Å². The minimum atomic E-state index is -0.346. The Bertz CT molecular complexity index is 1120. The molecule has 2 heterocycles. The van der Waals surface area contributed by atoms with Crippen molar-refractivity contribution in [1.29, 1.82) is 0 Å². The summed E-state index contributed by atoms with van der Waals surface area (Å²) in [5.41, 5.74) is 3.43. The van der Waals surface area contributed by atoms with Crippen LogP contribution in [0.4, 0.5) is 11.4 Å². The maximum atomic E-state index is 13.7. The number of carbonyl (C=O) groups is 3. The van der Waals surface area contributed by atoms with E-state index in [0.717, 1.165) is 31.5 Å². The Morgan fingerprint density at radius 1 is 1.09 bits per heavy atom. The largest absolute Gasteiger partial charge is 0.366 e. The van der Waals surface area contributed by atoms with E-state index in [1.54, 1.807) is 42.5 Å². The lowest BCUT2D eigenvalue weighted by atomic mass is 9.97. The van der Waals surface area contributed by atoms with Crippen molar-refractivity contribution in [3.63, 3.8) is 0 Å². The first-order valence-corrected chi connectivity index (χ1v) is 11.2. The molecule has 0 aliphatic carbocycles. The highest BCUT2D eigenvalue weighted by molar-refractivity contribution is 6.45. The fraction of sp³-hybridized carbons (Fsp3) is 0.320. The van der Waals surface area contributed by atoms with Crippen molar-refractivity contribution in [3.05, 3.63) is 64.3 Å². The van der Waals surface area contributed by atoms with Gasteiger partial charge in [0.05, 0.1) is 11.3 Å². The Morgan fingerprint density at radius 3 is 2.44 bits per heavy atom.